The lowest BCUT2D eigenvalue weighted by molar-refractivity contribution is 0.224. The molecule has 126 valence electrons. The van der Waals surface area contributed by atoms with E-state index in [1.807, 2.05) is 18.2 Å². The first-order valence-corrected chi connectivity index (χ1v) is 9.02. The molecule has 23 heavy (non-hydrogen) atoms. The lowest BCUT2D eigenvalue weighted by Gasteiger charge is -2.35. The van der Waals surface area contributed by atoms with E-state index in [4.69, 9.17) is 24.4 Å². The zero-order valence-corrected chi connectivity index (χ0v) is 15.4. The maximum Gasteiger partial charge on any atom is 0.185 e. The van der Waals surface area contributed by atoms with Gasteiger partial charge in [-0.15, -0.1) is 0 Å². The van der Waals surface area contributed by atoms with Crippen LogP contribution in [0.5, 0.6) is 0 Å². The van der Waals surface area contributed by atoms with Crippen molar-refractivity contribution >= 4 is 34.7 Å². The van der Waals surface area contributed by atoms with E-state index in [1.165, 1.54) is 24.8 Å². The van der Waals surface area contributed by atoms with Crippen molar-refractivity contribution in [2.24, 2.45) is 11.8 Å². The number of hydrazine groups is 1. The van der Waals surface area contributed by atoms with Gasteiger partial charge in [-0.25, -0.2) is 0 Å². The molecular weight excluding hydrogens is 324 g/mol. The van der Waals surface area contributed by atoms with Crippen molar-refractivity contribution in [3.63, 3.8) is 0 Å². The summed E-state index contributed by atoms with van der Waals surface area (Å²) in [6.45, 7) is 5.30. The normalized spacial score (nSPS) is 23.7. The lowest BCUT2D eigenvalue weighted by Crippen LogP contribution is -2.54. The fourth-order valence-corrected chi connectivity index (χ4v) is 3.25. The summed E-state index contributed by atoms with van der Waals surface area (Å²) in [4.78, 5) is 0. The molecule has 2 rings (SSSR count). The second kappa shape index (κ2) is 9.03. The van der Waals surface area contributed by atoms with Gasteiger partial charge in [0.05, 0.1) is 0 Å². The van der Waals surface area contributed by atoms with E-state index in [9.17, 15) is 0 Å². The Bertz CT molecular complexity index is 521. The van der Waals surface area contributed by atoms with Gasteiger partial charge in [0.15, 0.2) is 10.2 Å². The van der Waals surface area contributed by atoms with Gasteiger partial charge >= 0.3 is 0 Å². The SMILES string of the molecule is C[C@@H]1[C@@H](C)CCC[C@H]1NC(=S)NNC(=S)NCc1ccccc1. The standard InChI is InChI=1S/C17H26N4S2/c1-12-7-6-10-15(13(12)2)19-17(23)21-20-16(22)18-11-14-8-4-3-5-9-14/h3-5,8-9,12-13,15H,6-7,10-11H2,1-2H3,(H2,18,20,22)(H2,19,21,23)/t12-,13+,15+/m0/s1. The molecule has 0 spiro atoms. The topological polar surface area (TPSA) is 48.1 Å². The van der Waals surface area contributed by atoms with E-state index in [-0.39, 0.29) is 0 Å². The number of hydrogen-bond acceptors (Lipinski definition) is 2. The second-order valence-corrected chi connectivity index (χ2v) is 7.08. The first-order chi connectivity index (χ1) is 11.1. The third-order valence-electron chi connectivity index (χ3n) is 4.61. The molecular formula is C17H26N4S2. The first kappa shape index (κ1) is 17.9. The van der Waals surface area contributed by atoms with Crippen molar-refractivity contribution in [3.8, 4) is 0 Å². The van der Waals surface area contributed by atoms with Crippen molar-refractivity contribution in [1.29, 1.82) is 0 Å². The zero-order chi connectivity index (χ0) is 16.7. The number of thiocarbonyl (C=S) groups is 2. The first-order valence-electron chi connectivity index (χ1n) is 8.20. The van der Waals surface area contributed by atoms with Crippen LogP contribution in [-0.2, 0) is 6.54 Å². The van der Waals surface area contributed by atoms with Gasteiger partial charge in [-0.05, 0) is 48.3 Å². The van der Waals surface area contributed by atoms with Gasteiger partial charge in [0.1, 0.15) is 0 Å². The smallest absolute Gasteiger partial charge is 0.185 e. The Morgan fingerprint density at radius 3 is 2.48 bits per heavy atom. The minimum atomic E-state index is 0.436. The lowest BCUT2D eigenvalue weighted by atomic mass is 9.78. The average molecular weight is 351 g/mol. The molecule has 0 bridgehead atoms. The summed E-state index contributed by atoms with van der Waals surface area (Å²) in [7, 11) is 0. The quantitative estimate of drug-likeness (QED) is 0.497. The molecule has 4 nitrogen and oxygen atoms in total. The van der Waals surface area contributed by atoms with E-state index >= 15 is 0 Å². The molecule has 1 aromatic carbocycles. The Morgan fingerprint density at radius 1 is 1.04 bits per heavy atom. The monoisotopic (exact) mass is 350 g/mol. The van der Waals surface area contributed by atoms with Crippen molar-refractivity contribution in [2.45, 2.75) is 45.7 Å². The Balaban J connectivity index is 1.66. The molecule has 6 heteroatoms. The molecule has 0 aromatic heterocycles. The Kier molecular flexibility index (Phi) is 7.05. The molecule has 0 heterocycles. The van der Waals surface area contributed by atoms with Crippen LogP contribution in [0.3, 0.4) is 0 Å². The van der Waals surface area contributed by atoms with Gasteiger partial charge in [-0.1, -0.05) is 57.0 Å². The Labute approximate surface area is 149 Å². The average Bonchev–Trinajstić information content (AvgIpc) is 2.56. The highest BCUT2D eigenvalue weighted by atomic mass is 32.1. The van der Waals surface area contributed by atoms with Crippen molar-refractivity contribution in [1.82, 2.24) is 21.5 Å². The van der Waals surface area contributed by atoms with E-state index in [2.05, 4.69) is 47.5 Å². The van der Waals surface area contributed by atoms with E-state index in [0.717, 1.165) is 5.92 Å². The molecule has 4 N–H and O–H groups in total. The molecule has 0 saturated heterocycles. The summed E-state index contributed by atoms with van der Waals surface area (Å²) in [6, 6.07) is 10.6. The van der Waals surface area contributed by atoms with Crippen molar-refractivity contribution in [2.75, 3.05) is 0 Å². The van der Waals surface area contributed by atoms with Crippen molar-refractivity contribution in [3.05, 3.63) is 35.9 Å². The molecule has 1 aliphatic carbocycles. The van der Waals surface area contributed by atoms with Crippen LogP contribution in [0.2, 0.25) is 0 Å². The maximum atomic E-state index is 5.35. The summed E-state index contributed by atoms with van der Waals surface area (Å²) >= 11 is 10.6. The predicted molar refractivity (Wildman–Crippen MR) is 104 cm³/mol. The predicted octanol–water partition coefficient (Wildman–Crippen LogP) is 2.85. The minimum Gasteiger partial charge on any atom is -0.358 e. The minimum absolute atomic E-state index is 0.436. The van der Waals surface area contributed by atoms with Gasteiger partial charge in [0.2, 0.25) is 0 Å². The van der Waals surface area contributed by atoms with Crippen LogP contribution in [0, 0.1) is 11.8 Å². The molecule has 0 unspecified atom stereocenters. The summed E-state index contributed by atoms with van der Waals surface area (Å²) in [5, 5.41) is 7.67. The molecule has 1 aliphatic rings. The van der Waals surface area contributed by atoms with Crippen LogP contribution in [0.25, 0.3) is 0 Å². The molecule has 0 amide bonds. The summed E-state index contributed by atoms with van der Waals surface area (Å²) in [5.41, 5.74) is 7.09. The number of hydrogen-bond donors (Lipinski definition) is 4. The van der Waals surface area contributed by atoms with Gasteiger partial charge in [-0.3, -0.25) is 10.9 Å². The molecule has 3 atom stereocenters. The molecule has 0 radical (unpaired) electrons. The summed E-state index contributed by atoms with van der Waals surface area (Å²) in [6.07, 6.45) is 3.74. The largest absolute Gasteiger partial charge is 0.358 e. The van der Waals surface area contributed by atoms with Gasteiger partial charge in [-0.2, -0.15) is 0 Å². The van der Waals surface area contributed by atoms with Gasteiger partial charge in [0, 0.05) is 12.6 Å². The summed E-state index contributed by atoms with van der Waals surface area (Å²) in [5.74, 6) is 1.37. The Morgan fingerprint density at radius 2 is 1.74 bits per heavy atom. The third kappa shape index (κ3) is 5.95. The van der Waals surface area contributed by atoms with Crippen LogP contribution >= 0.6 is 24.4 Å². The van der Waals surface area contributed by atoms with Gasteiger partial charge in [0.25, 0.3) is 0 Å². The van der Waals surface area contributed by atoms with E-state index in [0.29, 0.717) is 28.7 Å². The fourth-order valence-electron chi connectivity index (χ4n) is 2.93. The van der Waals surface area contributed by atoms with E-state index < -0.39 is 0 Å². The molecule has 1 saturated carbocycles. The van der Waals surface area contributed by atoms with Crippen LogP contribution in [0.15, 0.2) is 30.3 Å². The third-order valence-corrected chi connectivity index (χ3v) is 5.08. The second-order valence-electron chi connectivity index (χ2n) is 6.27. The highest BCUT2D eigenvalue weighted by molar-refractivity contribution is 7.80. The fraction of sp³-hybridized carbons (Fsp3) is 0.529. The molecule has 1 fully saturated rings. The van der Waals surface area contributed by atoms with Crippen LogP contribution < -0.4 is 21.5 Å². The van der Waals surface area contributed by atoms with Gasteiger partial charge < -0.3 is 10.6 Å². The van der Waals surface area contributed by atoms with Crippen LogP contribution in [-0.4, -0.2) is 16.3 Å². The molecule has 1 aromatic rings. The van der Waals surface area contributed by atoms with Crippen molar-refractivity contribution < 1.29 is 0 Å². The molecule has 0 aliphatic heterocycles. The van der Waals surface area contributed by atoms with Crippen LogP contribution in [0.1, 0.15) is 38.7 Å². The zero-order valence-electron chi connectivity index (χ0n) is 13.8. The highest BCUT2D eigenvalue weighted by Gasteiger charge is 2.27. The van der Waals surface area contributed by atoms with E-state index in [1.54, 1.807) is 0 Å². The summed E-state index contributed by atoms with van der Waals surface area (Å²) < 4.78 is 0. The number of rotatable bonds is 3. The van der Waals surface area contributed by atoms with Crippen LogP contribution in [0.4, 0.5) is 0 Å². The Hall–Kier alpha value is -1.40. The maximum absolute atomic E-state index is 5.35. The highest BCUT2D eigenvalue weighted by Crippen LogP contribution is 2.29. The number of nitrogens with one attached hydrogen (secondary N) is 4. The number of benzene rings is 1.